The standard InChI is InChI=1S/C18H30N8/c1-4-17-23-21-14-26(17)9-7-20-18(19-5-2)25-8-6-15(13-25)10-16-11-22-24(3)12-16/h11-12,14-15H,4-10,13H2,1-3H3,(H,19,20). The molecule has 1 aliphatic heterocycles. The summed E-state index contributed by atoms with van der Waals surface area (Å²) in [5, 5.41) is 15.8. The Kier molecular flexibility index (Phi) is 6.25. The second kappa shape index (κ2) is 8.82. The molecule has 0 radical (unpaired) electrons. The van der Waals surface area contributed by atoms with Gasteiger partial charge in [-0.2, -0.15) is 5.10 Å². The molecule has 2 aromatic heterocycles. The fourth-order valence-corrected chi connectivity index (χ4v) is 3.53. The average molecular weight is 358 g/mol. The molecule has 0 amide bonds. The summed E-state index contributed by atoms with van der Waals surface area (Å²) < 4.78 is 3.96. The number of aromatic nitrogens is 5. The maximum atomic E-state index is 4.83. The van der Waals surface area contributed by atoms with E-state index in [1.54, 1.807) is 6.33 Å². The molecule has 3 heterocycles. The van der Waals surface area contributed by atoms with Crippen LogP contribution in [0.25, 0.3) is 0 Å². The monoisotopic (exact) mass is 358 g/mol. The Labute approximate surface area is 155 Å². The summed E-state index contributed by atoms with van der Waals surface area (Å²) in [4.78, 5) is 7.22. The van der Waals surface area contributed by atoms with Crippen molar-refractivity contribution in [2.45, 2.75) is 39.7 Å². The Morgan fingerprint density at radius 3 is 3.00 bits per heavy atom. The first kappa shape index (κ1) is 18.4. The minimum atomic E-state index is 0.660. The summed E-state index contributed by atoms with van der Waals surface area (Å²) in [7, 11) is 1.97. The number of rotatable bonds is 7. The highest BCUT2D eigenvalue weighted by molar-refractivity contribution is 5.80. The number of aliphatic imine (C=N–C) groups is 1. The SMILES string of the molecule is CCNC(=NCCn1cnnc1CC)N1CCC(Cc2cnn(C)c2)C1. The lowest BCUT2D eigenvalue weighted by molar-refractivity contribution is 0.459. The van der Waals surface area contributed by atoms with Crippen LogP contribution in [0.15, 0.2) is 23.7 Å². The number of nitrogens with zero attached hydrogens (tertiary/aromatic N) is 7. The van der Waals surface area contributed by atoms with Crippen LogP contribution < -0.4 is 5.32 Å². The summed E-state index contributed by atoms with van der Waals surface area (Å²) in [6, 6.07) is 0. The summed E-state index contributed by atoms with van der Waals surface area (Å²) in [6.45, 7) is 8.76. The Hall–Kier alpha value is -2.38. The van der Waals surface area contributed by atoms with Crippen LogP contribution in [0.1, 0.15) is 31.7 Å². The van der Waals surface area contributed by atoms with Gasteiger partial charge in [0.15, 0.2) is 5.96 Å². The molecule has 1 atom stereocenters. The van der Waals surface area contributed by atoms with Gasteiger partial charge in [0.1, 0.15) is 12.2 Å². The number of aryl methyl sites for hydroxylation is 2. The first-order chi connectivity index (χ1) is 12.7. The van der Waals surface area contributed by atoms with Crippen LogP contribution in [0.4, 0.5) is 0 Å². The van der Waals surface area contributed by atoms with Crippen LogP contribution in [-0.2, 0) is 26.4 Å². The topological polar surface area (TPSA) is 76.2 Å². The van der Waals surface area contributed by atoms with Crippen molar-refractivity contribution < 1.29 is 0 Å². The molecule has 1 fully saturated rings. The number of likely N-dealkylation sites (tertiary alicyclic amines) is 1. The van der Waals surface area contributed by atoms with Gasteiger partial charge < -0.3 is 14.8 Å². The minimum Gasteiger partial charge on any atom is -0.357 e. The van der Waals surface area contributed by atoms with Crippen molar-refractivity contribution in [1.82, 2.24) is 34.8 Å². The molecule has 3 rings (SSSR count). The van der Waals surface area contributed by atoms with E-state index in [1.165, 1.54) is 12.0 Å². The third kappa shape index (κ3) is 4.62. The predicted molar refractivity (Wildman–Crippen MR) is 102 cm³/mol. The van der Waals surface area contributed by atoms with Crippen molar-refractivity contribution >= 4 is 5.96 Å². The Morgan fingerprint density at radius 2 is 2.27 bits per heavy atom. The van der Waals surface area contributed by atoms with Gasteiger partial charge in [-0.1, -0.05) is 6.92 Å². The molecule has 8 nitrogen and oxygen atoms in total. The number of hydrogen-bond acceptors (Lipinski definition) is 4. The Bertz CT molecular complexity index is 716. The molecule has 8 heteroatoms. The predicted octanol–water partition coefficient (Wildman–Crippen LogP) is 1.10. The van der Waals surface area contributed by atoms with Gasteiger partial charge in [0.05, 0.1) is 12.7 Å². The minimum absolute atomic E-state index is 0.660. The molecule has 0 aromatic carbocycles. The summed E-state index contributed by atoms with van der Waals surface area (Å²) >= 11 is 0. The van der Waals surface area contributed by atoms with Crippen LogP contribution in [0.3, 0.4) is 0 Å². The van der Waals surface area contributed by atoms with Gasteiger partial charge in [-0.25, -0.2) is 0 Å². The van der Waals surface area contributed by atoms with Crippen molar-refractivity contribution in [3.8, 4) is 0 Å². The third-order valence-electron chi connectivity index (χ3n) is 4.82. The van der Waals surface area contributed by atoms with Gasteiger partial charge in [-0.15, -0.1) is 10.2 Å². The van der Waals surface area contributed by atoms with Gasteiger partial charge in [-0.3, -0.25) is 9.67 Å². The molecule has 2 aromatic rings. The molecule has 1 aliphatic rings. The third-order valence-corrected chi connectivity index (χ3v) is 4.82. The molecule has 1 saturated heterocycles. The summed E-state index contributed by atoms with van der Waals surface area (Å²) in [5.41, 5.74) is 1.32. The van der Waals surface area contributed by atoms with Crippen LogP contribution >= 0.6 is 0 Å². The molecule has 0 saturated carbocycles. The lowest BCUT2D eigenvalue weighted by Crippen LogP contribution is -2.40. The molecule has 0 bridgehead atoms. The van der Waals surface area contributed by atoms with Crippen molar-refractivity contribution in [1.29, 1.82) is 0 Å². The second-order valence-electron chi connectivity index (χ2n) is 6.86. The largest absolute Gasteiger partial charge is 0.357 e. The first-order valence-electron chi connectivity index (χ1n) is 9.57. The first-order valence-corrected chi connectivity index (χ1v) is 9.57. The quantitative estimate of drug-likeness (QED) is 0.593. The summed E-state index contributed by atoms with van der Waals surface area (Å²) in [6.07, 6.45) is 9.07. The number of guanidine groups is 1. The van der Waals surface area contributed by atoms with Crippen molar-refractivity contribution in [3.63, 3.8) is 0 Å². The van der Waals surface area contributed by atoms with E-state index in [0.717, 1.165) is 57.3 Å². The normalized spacial score (nSPS) is 17.9. The average Bonchev–Trinajstić information content (AvgIpc) is 3.36. The molecule has 26 heavy (non-hydrogen) atoms. The van der Waals surface area contributed by atoms with Crippen molar-refractivity contribution in [2.24, 2.45) is 18.0 Å². The molecule has 0 spiro atoms. The van der Waals surface area contributed by atoms with Gasteiger partial charge in [0, 0.05) is 45.8 Å². The molecular formula is C18H30N8. The van der Waals surface area contributed by atoms with Gasteiger partial charge in [0.25, 0.3) is 0 Å². The molecule has 1 unspecified atom stereocenters. The van der Waals surface area contributed by atoms with Gasteiger partial charge in [-0.05, 0) is 31.2 Å². The Balaban J connectivity index is 1.55. The Morgan fingerprint density at radius 1 is 1.38 bits per heavy atom. The molecular weight excluding hydrogens is 328 g/mol. The van der Waals surface area contributed by atoms with E-state index in [4.69, 9.17) is 4.99 Å². The van der Waals surface area contributed by atoms with E-state index in [1.807, 2.05) is 17.9 Å². The number of nitrogens with one attached hydrogen (secondary N) is 1. The van der Waals surface area contributed by atoms with Gasteiger partial charge in [0.2, 0.25) is 0 Å². The maximum absolute atomic E-state index is 4.83. The van der Waals surface area contributed by atoms with E-state index < -0.39 is 0 Å². The van der Waals surface area contributed by atoms with Crippen LogP contribution in [0.5, 0.6) is 0 Å². The zero-order valence-corrected chi connectivity index (χ0v) is 16.1. The lowest BCUT2D eigenvalue weighted by Gasteiger charge is -2.21. The van der Waals surface area contributed by atoms with E-state index in [9.17, 15) is 0 Å². The van der Waals surface area contributed by atoms with Crippen LogP contribution in [0, 0.1) is 5.92 Å². The van der Waals surface area contributed by atoms with E-state index in [0.29, 0.717) is 5.92 Å². The lowest BCUT2D eigenvalue weighted by atomic mass is 10.0. The highest BCUT2D eigenvalue weighted by Gasteiger charge is 2.25. The van der Waals surface area contributed by atoms with Crippen LogP contribution in [0.2, 0.25) is 0 Å². The smallest absolute Gasteiger partial charge is 0.193 e. The van der Waals surface area contributed by atoms with Crippen molar-refractivity contribution in [3.05, 3.63) is 30.1 Å². The van der Waals surface area contributed by atoms with E-state index >= 15 is 0 Å². The number of hydrogen-bond donors (Lipinski definition) is 1. The maximum Gasteiger partial charge on any atom is 0.193 e. The van der Waals surface area contributed by atoms with E-state index in [-0.39, 0.29) is 0 Å². The molecule has 142 valence electrons. The highest BCUT2D eigenvalue weighted by Crippen LogP contribution is 2.20. The van der Waals surface area contributed by atoms with Gasteiger partial charge >= 0.3 is 0 Å². The zero-order valence-electron chi connectivity index (χ0n) is 16.1. The molecule has 1 N–H and O–H groups in total. The fraction of sp³-hybridized carbons (Fsp3) is 0.667. The van der Waals surface area contributed by atoms with Crippen LogP contribution in [-0.4, -0.2) is 61.6 Å². The zero-order chi connectivity index (χ0) is 18.4. The van der Waals surface area contributed by atoms with E-state index in [2.05, 4.69) is 50.1 Å². The highest BCUT2D eigenvalue weighted by atomic mass is 15.3. The fourth-order valence-electron chi connectivity index (χ4n) is 3.53. The van der Waals surface area contributed by atoms with Crippen molar-refractivity contribution in [2.75, 3.05) is 26.2 Å². The second-order valence-corrected chi connectivity index (χ2v) is 6.86. The molecule has 0 aliphatic carbocycles. The summed E-state index contributed by atoms with van der Waals surface area (Å²) in [5.74, 6) is 2.70.